The van der Waals surface area contributed by atoms with Gasteiger partial charge in [-0.1, -0.05) is 0 Å². The van der Waals surface area contributed by atoms with Crippen molar-refractivity contribution in [3.05, 3.63) is 18.6 Å². The third-order valence-corrected chi connectivity index (χ3v) is 3.27. The Kier molecular flexibility index (Phi) is 4.98. The summed E-state index contributed by atoms with van der Waals surface area (Å²) in [4.78, 5) is 21.8. The van der Waals surface area contributed by atoms with E-state index in [-0.39, 0.29) is 6.09 Å². The predicted molar refractivity (Wildman–Crippen MR) is 78.1 cm³/mol. The molecule has 2 rings (SSSR count). The molecule has 1 saturated heterocycles. The average Bonchev–Trinajstić information content (AvgIpc) is 2.45. The summed E-state index contributed by atoms with van der Waals surface area (Å²) in [7, 11) is 0. The zero-order chi connectivity index (χ0) is 15.3. The Balaban J connectivity index is 1.72. The van der Waals surface area contributed by atoms with Gasteiger partial charge < -0.3 is 14.4 Å². The summed E-state index contributed by atoms with van der Waals surface area (Å²) < 4.78 is 11.0. The molecule has 0 aliphatic carbocycles. The summed E-state index contributed by atoms with van der Waals surface area (Å²) in [6.07, 6.45) is 6.44. The van der Waals surface area contributed by atoms with Gasteiger partial charge >= 0.3 is 6.09 Å². The van der Waals surface area contributed by atoms with Crippen LogP contribution in [0.4, 0.5) is 4.79 Å². The van der Waals surface area contributed by atoms with E-state index < -0.39 is 5.60 Å². The van der Waals surface area contributed by atoms with E-state index >= 15 is 0 Å². The van der Waals surface area contributed by atoms with Crippen molar-refractivity contribution >= 4 is 6.09 Å². The van der Waals surface area contributed by atoms with E-state index in [1.54, 1.807) is 23.5 Å². The number of nitrogens with zero attached hydrogens (tertiary/aromatic N) is 3. The molecular weight excluding hydrogens is 270 g/mol. The highest BCUT2D eigenvalue weighted by molar-refractivity contribution is 5.68. The van der Waals surface area contributed by atoms with Gasteiger partial charge in [0, 0.05) is 25.5 Å². The molecule has 21 heavy (non-hydrogen) atoms. The van der Waals surface area contributed by atoms with Crippen molar-refractivity contribution in [3.63, 3.8) is 0 Å². The average molecular weight is 293 g/mol. The van der Waals surface area contributed by atoms with E-state index in [1.807, 2.05) is 20.8 Å². The summed E-state index contributed by atoms with van der Waals surface area (Å²) in [6.45, 7) is 7.68. The molecule has 1 aliphatic rings. The number of ether oxygens (including phenoxy) is 2. The van der Waals surface area contributed by atoms with Crippen LogP contribution in [0.25, 0.3) is 0 Å². The number of likely N-dealkylation sites (tertiary alicyclic amines) is 1. The number of carbonyl (C=O) groups excluding carboxylic acids is 1. The maximum atomic E-state index is 12.0. The lowest BCUT2D eigenvalue weighted by Crippen LogP contribution is -2.42. The van der Waals surface area contributed by atoms with Crippen molar-refractivity contribution < 1.29 is 14.3 Å². The van der Waals surface area contributed by atoms with E-state index in [0.717, 1.165) is 12.8 Å². The molecular formula is C15H23N3O3. The molecule has 0 bridgehead atoms. The second-order valence-electron chi connectivity index (χ2n) is 6.27. The minimum Gasteiger partial charge on any atom is -0.476 e. The maximum Gasteiger partial charge on any atom is 0.410 e. The van der Waals surface area contributed by atoms with Crippen molar-refractivity contribution in [2.75, 3.05) is 19.7 Å². The molecule has 2 heterocycles. The molecule has 0 saturated carbocycles. The Morgan fingerprint density at radius 2 is 2.05 bits per heavy atom. The minimum atomic E-state index is -0.441. The lowest BCUT2D eigenvalue weighted by molar-refractivity contribution is 0.0164. The van der Waals surface area contributed by atoms with Crippen molar-refractivity contribution in [2.24, 2.45) is 5.92 Å². The molecule has 0 aromatic carbocycles. The Labute approximate surface area is 125 Å². The number of aromatic nitrogens is 2. The van der Waals surface area contributed by atoms with E-state index in [0.29, 0.717) is 31.5 Å². The van der Waals surface area contributed by atoms with Crippen LogP contribution in [0.15, 0.2) is 18.6 Å². The summed E-state index contributed by atoms with van der Waals surface area (Å²) >= 11 is 0. The zero-order valence-corrected chi connectivity index (χ0v) is 12.9. The van der Waals surface area contributed by atoms with E-state index in [1.165, 1.54) is 0 Å². The molecule has 1 fully saturated rings. The number of hydrogen-bond acceptors (Lipinski definition) is 5. The number of amides is 1. The van der Waals surface area contributed by atoms with Gasteiger partial charge in [-0.2, -0.15) is 0 Å². The molecule has 6 heteroatoms. The van der Waals surface area contributed by atoms with Crippen LogP contribution in [0.1, 0.15) is 33.6 Å². The van der Waals surface area contributed by atoms with Crippen LogP contribution in [0.5, 0.6) is 5.88 Å². The molecule has 0 N–H and O–H groups in total. The van der Waals surface area contributed by atoms with Gasteiger partial charge in [0.25, 0.3) is 0 Å². The minimum absolute atomic E-state index is 0.226. The van der Waals surface area contributed by atoms with Crippen LogP contribution in [0, 0.1) is 5.92 Å². The molecule has 1 aliphatic heterocycles. The smallest absolute Gasteiger partial charge is 0.410 e. The van der Waals surface area contributed by atoms with Gasteiger partial charge in [-0.15, -0.1) is 0 Å². The molecule has 0 spiro atoms. The van der Waals surface area contributed by atoms with Crippen molar-refractivity contribution in [2.45, 2.75) is 39.2 Å². The highest BCUT2D eigenvalue weighted by Gasteiger charge is 2.27. The number of rotatable bonds is 3. The largest absolute Gasteiger partial charge is 0.476 e. The Morgan fingerprint density at radius 3 is 2.62 bits per heavy atom. The molecule has 0 atom stereocenters. The third-order valence-electron chi connectivity index (χ3n) is 3.27. The maximum absolute atomic E-state index is 12.0. The van der Waals surface area contributed by atoms with Crippen LogP contribution in [0.2, 0.25) is 0 Å². The fourth-order valence-electron chi connectivity index (χ4n) is 2.17. The molecule has 1 aromatic heterocycles. The first kappa shape index (κ1) is 15.5. The molecule has 0 radical (unpaired) electrons. The van der Waals surface area contributed by atoms with Crippen LogP contribution in [-0.2, 0) is 4.74 Å². The zero-order valence-electron chi connectivity index (χ0n) is 12.9. The van der Waals surface area contributed by atoms with Crippen LogP contribution >= 0.6 is 0 Å². The van der Waals surface area contributed by atoms with Gasteiger partial charge in [0.15, 0.2) is 0 Å². The van der Waals surface area contributed by atoms with Gasteiger partial charge in [0.2, 0.25) is 5.88 Å². The first-order valence-electron chi connectivity index (χ1n) is 7.31. The Morgan fingerprint density at radius 1 is 1.33 bits per heavy atom. The lowest BCUT2D eigenvalue weighted by atomic mass is 9.98. The summed E-state index contributed by atoms with van der Waals surface area (Å²) in [5, 5.41) is 0. The van der Waals surface area contributed by atoms with Crippen molar-refractivity contribution in [3.8, 4) is 5.88 Å². The normalized spacial score (nSPS) is 16.6. The Bertz CT molecular complexity index is 451. The summed E-state index contributed by atoms with van der Waals surface area (Å²) in [5.41, 5.74) is -0.441. The fraction of sp³-hybridized carbons (Fsp3) is 0.667. The van der Waals surface area contributed by atoms with Crippen molar-refractivity contribution in [1.82, 2.24) is 14.9 Å². The highest BCUT2D eigenvalue weighted by atomic mass is 16.6. The Hall–Kier alpha value is -1.85. The van der Waals surface area contributed by atoms with E-state index in [4.69, 9.17) is 9.47 Å². The van der Waals surface area contributed by atoms with Gasteiger partial charge in [0.05, 0.1) is 12.8 Å². The van der Waals surface area contributed by atoms with Crippen LogP contribution < -0.4 is 4.74 Å². The standard InChI is InChI=1S/C15H23N3O3/c1-15(2,3)21-14(19)18-8-4-12(5-9-18)11-20-13-10-16-6-7-17-13/h6-7,10,12H,4-5,8-9,11H2,1-3H3. The van der Waals surface area contributed by atoms with Gasteiger partial charge in [-0.05, 0) is 39.5 Å². The highest BCUT2D eigenvalue weighted by Crippen LogP contribution is 2.20. The topological polar surface area (TPSA) is 64.5 Å². The van der Waals surface area contributed by atoms with E-state index in [9.17, 15) is 4.79 Å². The molecule has 1 amide bonds. The van der Waals surface area contributed by atoms with E-state index in [2.05, 4.69) is 9.97 Å². The first-order chi connectivity index (χ1) is 9.94. The number of hydrogen-bond donors (Lipinski definition) is 0. The van der Waals surface area contributed by atoms with Crippen molar-refractivity contribution in [1.29, 1.82) is 0 Å². The number of carbonyl (C=O) groups is 1. The van der Waals surface area contributed by atoms with Gasteiger partial charge in [0.1, 0.15) is 5.60 Å². The lowest BCUT2D eigenvalue weighted by Gasteiger charge is -2.33. The molecule has 6 nitrogen and oxygen atoms in total. The van der Waals surface area contributed by atoms with Crippen LogP contribution in [-0.4, -0.2) is 46.3 Å². The quantitative estimate of drug-likeness (QED) is 0.856. The van der Waals surface area contributed by atoms with Crippen LogP contribution in [0.3, 0.4) is 0 Å². The predicted octanol–water partition coefficient (Wildman–Crippen LogP) is 2.50. The summed E-state index contributed by atoms with van der Waals surface area (Å²) in [5.74, 6) is 0.984. The number of piperidine rings is 1. The fourth-order valence-corrected chi connectivity index (χ4v) is 2.17. The second kappa shape index (κ2) is 6.74. The summed E-state index contributed by atoms with van der Waals surface area (Å²) in [6, 6.07) is 0. The van der Waals surface area contributed by atoms with Gasteiger partial charge in [-0.3, -0.25) is 4.98 Å². The monoisotopic (exact) mass is 293 g/mol. The van der Waals surface area contributed by atoms with Gasteiger partial charge in [-0.25, -0.2) is 9.78 Å². The molecule has 1 aromatic rings. The molecule has 116 valence electrons. The second-order valence-corrected chi connectivity index (χ2v) is 6.27. The molecule has 0 unspecified atom stereocenters. The SMILES string of the molecule is CC(C)(C)OC(=O)N1CCC(COc2cnccn2)CC1. The first-order valence-corrected chi connectivity index (χ1v) is 7.31. The third kappa shape index (κ3) is 5.21.